The molecule has 0 saturated carbocycles. The van der Waals surface area contributed by atoms with E-state index in [1.165, 1.54) is 15.9 Å². The second kappa shape index (κ2) is 6.59. The van der Waals surface area contributed by atoms with Gasteiger partial charge in [-0.1, -0.05) is 41.4 Å². The maximum atomic E-state index is 13.2. The molecular weight excluding hydrogens is 368 g/mol. The fourth-order valence-electron chi connectivity index (χ4n) is 2.93. The van der Waals surface area contributed by atoms with Crippen LogP contribution < -0.4 is 11.2 Å². The van der Waals surface area contributed by atoms with Crippen molar-refractivity contribution in [1.29, 1.82) is 0 Å². The van der Waals surface area contributed by atoms with Gasteiger partial charge in [-0.2, -0.15) is 0 Å². The van der Waals surface area contributed by atoms with Crippen molar-refractivity contribution in [3.8, 4) is 5.69 Å². The van der Waals surface area contributed by atoms with E-state index in [-0.39, 0.29) is 11.2 Å². The maximum Gasteiger partial charge on any atom is 0.336 e. The van der Waals surface area contributed by atoms with Crippen LogP contribution in [-0.4, -0.2) is 9.13 Å². The number of nitrogens with zero attached hydrogens (tertiary/aromatic N) is 2. The lowest BCUT2D eigenvalue weighted by Crippen LogP contribution is -2.38. The highest BCUT2D eigenvalue weighted by molar-refractivity contribution is 7.17. The number of halogens is 1. The number of thiophene rings is 1. The van der Waals surface area contributed by atoms with Crippen LogP contribution >= 0.6 is 22.9 Å². The smallest absolute Gasteiger partial charge is 0.288 e. The van der Waals surface area contributed by atoms with E-state index >= 15 is 0 Å². The Morgan fingerprint density at radius 1 is 0.962 bits per heavy atom. The molecule has 4 aromatic rings. The predicted molar refractivity (Wildman–Crippen MR) is 107 cm³/mol. The topological polar surface area (TPSA) is 44.0 Å². The van der Waals surface area contributed by atoms with Gasteiger partial charge in [0, 0.05) is 5.02 Å². The highest BCUT2D eigenvalue weighted by Gasteiger charge is 2.15. The van der Waals surface area contributed by atoms with Crippen LogP contribution in [0.3, 0.4) is 0 Å². The van der Waals surface area contributed by atoms with Crippen molar-refractivity contribution in [3.63, 3.8) is 0 Å². The van der Waals surface area contributed by atoms with Crippen LogP contribution in [0.15, 0.2) is 69.6 Å². The predicted octanol–water partition coefficient (Wildman–Crippen LogP) is 4.22. The zero-order chi connectivity index (χ0) is 18.3. The van der Waals surface area contributed by atoms with Crippen LogP contribution in [0.2, 0.25) is 5.02 Å². The summed E-state index contributed by atoms with van der Waals surface area (Å²) in [6, 6.07) is 16.6. The van der Waals surface area contributed by atoms with Crippen molar-refractivity contribution in [2.24, 2.45) is 0 Å². The first-order valence-corrected chi connectivity index (χ1v) is 9.35. The Kier molecular flexibility index (Phi) is 4.26. The Labute approximate surface area is 158 Å². The first-order chi connectivity index (χ1) is 12.5. The van der Waals surface area contributed by atoms with Crippen molar-refractivity contribution >= 4 is 33.2 Å². The van der Waals surface area contributed by atoms with Crippen molar-refractivity contribution in [3.05, 3.63) is 97.0 Å². The van der Waals surface area contributed by atoms with Crippen molar-refractivity contribution in [1.82, 2.24) is 9.13 Å². The monoisotopic (exact) mass is 382 g/mol. The van der Waals surface area contributed by atoms with E-state index in [1.54, 1.807) is 28.8 Å². The molecule has 2 aromatic carbocycles. The van der Waals surface area contributed by atoms with Gasteiger partial charge in [0.05, 0.1) is 17.7 Å². The van der Waals surface area contributed by atoms with Crippen LogP contribution in [0.25, 0.3) is 15.9 Å². The molecule has 0 radical (unpaired) electrons. The largest absolute Gasteiger partial charge is 0.336 e. The van der Waals surface area contributed by atoms with Crippen LogP contribution in [0.5, 0.6) is 0 Å². The molecule has 0 aliphatic carbocycles. The summed E-state index contributed by atoms with van der Waals surface area (Å²) in [5.41, 5.74) is 2.68. The average molecular weight is 383 g/mol. The Morgan fingerprint density at radius 3 is 2.35 bits per heavy atom. The minimum absolute atomic E-state index is 0.303. The summed E-state index contributed by atoms with van der Waals surface area (Å²) >= 11 is 7.28. The molecular formula is C20H15ClN2O2S. The molecule has 0 unspecified atom stereocenters. The molecule has 2 heterocycles. The lowest BCUT2D eigenvalue weighted by atomic mass is 10.1. The molecule has 0 spiro atoms. The summed E-state index contributed by atoms with van der Waals surface area (Å²) in [5, 5.41) is 2.39. The molecule has 4 nitrogen and oxygen atoms in total. The van der Waals surface area contributed by atoms with Gasteiger partial charge < -0.3 is 0 Å². The molecule has 6 heteroatoms. The second-order valence-corrected chi connectivity index (χ2v) is 7.46. The Bertz CT molecular complexity index is 1200. The van der Waals surface area contributed by atoms with E-state index in [1.807, 2.05) is 42.6 Å². The quantitative estimate of drug-likeness (QED) is 0.532. The minimum atomic E-state index is -0.358. The number of benzene rings is 2. The van der Waals surface area contributed by atoms with Crippen LogP contribution in [0.4, 0.5) is 0 Å². The van der Waals surface area contributed by atoms with Crippen LogP contribution in [-0.2, 0) is 6.54 Å². The number of hydrogen-bond acceptors (Lipinski definition) is 3. The van der Waals surface area contributed by atoms with Gasteiger partial charge in [0.15, 0.2) is 0 Å². The molecule has 0 amide bonds. The number of hydrogen-bond donors (Lipinski definition) is 0. The van der Waals surface area contributed by atoms with Crippen molar-refractivity contribution in [2.45, 2.75) is 13.5 Å². The number of aryl methyl sites for hydroxylation is 1. The van der Waals surface area contributed by atoms with Gasteiger partial charge >= 0.3 is 5.69 Å². The van der Waals surface area contributed by atoms with Gasteiger partial charge in [0.1, 0.15) is 4.70 Å². The first-order valence-electron chi connectivity index (χ1n) is 8.09. The van der Waals surface area contributed by atoms with Gasteiger partial charge in [-0.3, -0.25) is 9.36 Å². The first kappa shape index (κ1) is 16.8. The third-order valence-electron chi connectivity index (χ3n) is 4.30. The molecule has 4 rings (SSSR count). The molecule has 0 fully saturated rings. The van der Waals surface area contributed by atoms with E-state index < -0.39 is 0 Å². The van der Waals surface area contributed by atoms with Gasteiger partial charge in [0.2, 0.25) is 0 Å². The maximum absolute atomic E-state index is 13.2. The molecule has 0 atom stereocenters. The van der Waals surface area contributed by atoms with E-state index in [0.717, 1.165) is 11.1 Å². The summed E-state index contributed by atoms with van der Waals surface area (Å²) < 4.78 is 3.42. The highest BCUT2D eigenvalue weighted by atomic mass is 35.5. The fraction of sp³-hybridized carbons (Fsp3) is 0.100. The standard InChI is InChI=1S/C20H15ClN2O2S/c1-13-2-4-14(5-3-13)12-22-17-10-11-26-18(17)19(24)23(20(22)25)16-8-6-15(21)7-9-16/h2-11H,12H2,1H3. The Balaban J connectivity index is 1.96. The molecule has 0 N–H and O–H groups in total. The Morgan fingerprint density at radius 2 is 1.65 bits per heavy atom. The normalized spacial score (nSPS) is 11.2. The lowest BCUT2D eigenvalue weighted by Gasteiger charge is -2.12. The second-order valence-electron chi connectivity index (χ2n) is 6.11. The van der Waals surface area contributed by atoms with Crippen LogP contribution in [0.1, 0.15) is 11.1 Å². The van der Waals surface area contributed by atoms with Crippen LogP contribution in [0, 0.1) is 6.92 Å². The molecule has 2 aromatic heterocycles. The molecule has 0 aliphatic heterocycles. The highest BCUT2D eigenvalue weighted by Crippen LogP contribution is 2.18. The molecule has 130 valence electrons. The zero-order valence-corrected chi connectivity index (χ0v) is 15.6. The summed E-state index contributed by atoms with van der Waals surface area (Å²) in [6.07, 6.45) is 0. The third-order valence-corrected chi connectivity index (χ3v) is 5.44. The van der Waals surface area contributed by atoms with Gasteiger partial charge in [-0.15, -0.1) is 11.3 Å². The molecule has 0 saturated heterocycles. The number of aromatic nitrogens is 2. The van der Waals surface area contributed by atoms with Gasteiger partial charge in [-0.25, -0.2) is 9.36 Å². The minimum Gasteiger partial charge on any atom is -0.288 e. The summed E-state index contributed by atoms with van der Waals surface area (Å²) in [4.78, 5) is 26.0. The van der Waals surface area contributed by atoms with E-state index in [2.05, 4.69) is 0 Å². The fourth-order valence-corrected chi connectivity index (χ4v) is 3.88. The Hall–Kier alpha value is -2.63. The number of fused-ring (bicyclic) bond motifs is 1. The van der Waals surface area contributed by atoms with E-state index in [0.29, 0.717) is 27.5 Å². The average Bonchev–Trinajstić information content (AvgIpc) is 3.12. The van der Waals surface area contributed by atoms with Gasteiger partial charge in [-0.05, 0) is 48.2 Å². The van der Waals surface area contributed by atoms with Crippen molar-refractivity contribution < 1.29 is 0 Å². The zero-order valence-electron chi connectivity index (χ0n) is 14.0. The molecule has 0 bridgehead atoms. The summed E-state index contributed by atoms with van der Waals surface area (Å²) in [5.74, 6) is 0. The summed E-state index contributed by atoms with van der Waals surface area (Å²) in [7, 11) is 0. The lowest BCUT2D eigenvalue weighted by molar-refractivity contribution is 0.716. The number of rotatable bonds is 3. The molecule has 26 heavy (non-hydrogen) atoms. The molecule has 0 aliphatic rings. The third kappa shape index (κ3) is 2.89. The van der Waals surface area contributed by atoms with E-state index in [4.69, 9.17) is 11.6 Å². The SMILES string of the molecule is Cc1ccc(Cn2c(=O)n(-c3ccc(Cl)cc3)c(=O)c3sccc32)cc1. The van der Waals surface area contributed by atoms with E-state index in [9.17, 15) is 9.59 Å². The van der Waals surface area contributed by atoms with Crippen molar-refractivity contribution in [2.75, 3.05) is 0 Å². The van der Waals surface area contributed by atoms with Gasteiger partial charge in [0.25, 0.3) is 5.56 Å². The summed E-state index contributed by atoms with van der Waals surface area (Å²) in [6.45, 7) is 2.42.